The van der Waals surface area contributed by atoms with Gasteiger partial charge in [0.1, 0.15) is 0 Å². The molecule has 1 aliphatic rings. The minimum atomic E-state index is -0.499. The Morgan fingerprint density at radius 3 is 2.89 bits per heavy atom. The molecule has 18 heavy (non-hydrogen) atoms. The van der Waals surface area contributed by atoms with Crippen molar-refractivity contribution < 1.29 is 9.90 Å². The van der Waals surface area contributed by atoms with Crippen LogP contribution in [0.15, 0.2) is 24.3 Å². The monoisotopic (exact) mass is 248 g/mol. The predicted octanol–water partition coefficient (Wildman–Crippen LogP) is 1.65. The molecule has 1 aromatic carbocycles. The second kappa shape index (κ2) is 5.50. The number of aliphatic hydroxyl groups is 1. The lowest BCUT2D eigenvalue weighted by atomic mass is 9.90. The summed E-state index contributed by atoms with van der Waals surface area (Å²) >= 11 is 0. The average Bonchev–Trinajstić information content (AvgIpc) is 2.40. The molecule has 0 radical (unpaired) electrons. The molecule has 1 amide bonds. The highest BCUT2D eigenvalue weighted by Crippen LogP contribution is 2.22. The fourth-order valence-corrected chi connectivity index (χ4v) is 2.29. The molecular weight excluding hydrogens is 228 g/mol. The highest BCUT2D eigenvalue weighted by molar-refractivity contribution is 5.98. The van der Waals surface area contributed by atoms with E-state index in [9.17, 15) is 9.90 Å². The first-order valence-corrected chi connectivity index (χ1v) is 6.41. The predicted molar refractivity (Wildman–Crippen MR) is 71.3 cm³/mol. The van der Waals surface area contributed by atoms with E-state index in [4.69, 9.17) is 0 Å². The SMILES string of the molecule is CC1(C(=O)Nc2ccccc2CO)CCCCN1. The molecule has 0 aromatic heterocycles. The van der Waals surface area contributed by atoms with E-state index in [1.165, 1.54) is 0 Å². The largest absolute Gasteiger partial charge is 0.392 e. The molecule has 98 valence electrons. The third kappa shape index (κ3) is 2.71. The number of hydrogen-bond donors (Lipinski definition) is 3. The normalized spacial score (nSPS) is 23.7. The van der Waals surface area contributed by atoms with Crippen LogP contribution in [0.3, 0.4) is 0 Å². The first-order chi connectivity index (χ1) is 8.65. The maximum Gasteiger partial charge on any atom is 0.244 e. The lowest BCUT2D eigenvalue weighted by molar-refractivity contribution is -0.122. The number of para-hydroxylation sites is 1. The van der Waals surface area contributed by atoms with E-state index >= 15 is 0 Å². The standard InChI is InChI=1S/C14H20N2O2/c1-14(8-4-5-9-15-14)13(18)16-12-7-3-2-6-11(12)10-17/h2-3,6-7,15,17H,4-5,8-10H2,1H3,(H,16,18). The Labute approximate surface area is 107 Å². The van der Waals surface area contributed by atoms with Crippen LogP contribution >= 0.6 is 0 Å². The van der Waals surface area contributed by atoms with Crippen LogP contribution in [0.5, 0.6) is 0 Å². The van der Waals surface area contributed by atoms with Crippen molar-refractivity contribution in [2.45, 2.75) is 38.3 Å². The van der Waals surface area contributed by atoms with Gasteiger partial charge in [0.25, 0.3) is 0 Å². The van der Waals surface area contributed by atoms with Gasteiger partial charge in [0.15, 0.2) is 0 Å². The molecule has 1 unspecified atom stereocenters. The smallest absolute Gasteiger partial charge is 0.244 e. The molecular formula is C14H20N2O2. The maximum absolute atomic E-state index is 12.3. The third-order valence-electron chi connectivity index (χ3n) is 3.56. The van der Waals surface area contributed by atoms with Crippen LogP contribution in [-0.2, 0) is 11.4 Å². The maximum atomic E-state index is 12.3. The molecule has 1 aromatic rings. The summed E-state index contributed by atoms with van der Waals surface area (Å²) < 4.78 is 0. The van der Waals surface area contributed by atoms with Crippen molar-refractivity contribution in [3.63, 3.8) is 0 Å². The van der Waals surface area contributed by atoms with Gasteiger partial charge >= 0.3 is 0 Å². The summed E-state index contributed by atoms with van der Waals surface area (Å²) in [5, 5.41) is 15.4. The van der Waals surface area contributed by atoms with Crippen LogP contribution in [0, 0.1) is 0 Å². The number of nitrogens with one attached hydrogen (secondary N) is 2. The number of piperidine rings is 1. The Hall–Kier alpha value is -1.39. The van der Waals surface area contributed by atoms with Gasteiger partial charge in [-0.3, -0.25) is 4.79 Å². The van der Waals surface area contributed by atoms with Crippen LogP contribution in [0.1, 0.15) is 31.7 Å². The van der Waals surface area contributed by atoms with Crippen LogP contribution < -0.4 is 10.6 Å². The highest BCUT2D eigenvalue weighted by atomic mass is 16.3. The Morgan fingerprint density at radius 2 is 2.22 bits per heavy atom. The number of carbonyl (C=O) groups excluding carboxylic acids is 1. The van der Waals surface area contributed by atoms with Gasteiger partial charge in [0.05, 0.1) is 12.1 Å². The van der Waals surface area contributed by atoms with E-state index in [-0.39, 0.29) is 12.5 Å². The molecule has 1 fully saturated rings. The second-order valence-corrected chi connectivity index (χ2v) is 4.99. The lowest BCUT2D eigenvalue weighted by Gasteiger charge is -2.33. The molecule has 3 N–H and O–H groups in total. The zero-order valence-corrected chi connectivity index (χ0v) is 10.7. The number of hydrogen-bond acceptors (Lipinski definition) is 3. The number of aliphatic hydroxyl groups excluding tert-OH is 1. The van der Waals surface area contributed by atoms with Crippen LogP contribution in [-0.4, -0.2) is 23.1 Å². The average molecular weight is 248 g/mol. The van der Waals surface area contributed by atoms with Gasteiger partial charge in [-0.1, -0.05) is 18.2 Å². The Balaban J connectivity index is 2.10. The number of benzene rings is 1. The van der Waals surface area contributed by atoms with Gasteiger partial charge in [-0.2, -0.15) is 0 Å². The van der Waals surface area contributed by atoms with E-state index in [2.05, 4.69) is 10.6 Å². The fourth-order valence-electron chi connectivity index (χ4n) is 2.29. The third-order valence-corrected chi connectivity index (χ3v) is 3.56. The summed E-state index contributed by atoms with van der Waals surface area (Å²) in [6, 6.07) is 7.33. The molecule has 0 saturated carbocycles. The second-order valence-electron chi connectivity index (χ2n) is 4.99. The van der Waals surface area contributed by atoms with E-state index in [0.717, 1.165) is 31.4 Å². The van der Waals surface area contributed by atoms with Gasteiger partial charge in [-0.25, -0.2) is 0 Å². The number of rotatable bonds is 3. The molecule has 0 spiro atoms. The van der Waals surface area contributed by atoms with Crippen molar-refractivity contribution in [1.29, 1.82) is 0 Å². The fraction of sp³-hybridized carbons (Fsp3) is 0.500. The summed E-state index contributed by atoms with van der Waals surface area (Å²) in [5.74, 6) is -0.0249. The topological polar surface area (TPSA) is 61.4 Å². The van der Waals surface area contributed by atoms with Gasteiger partial charge in [0.2, 0.25) is 5.91 Å². The molecule has 1 saturated heterocycles. The van der Waals surface area contributed by atoms with Crippen LogP contribution in [0.4, 0.5) is 5.69 Å². The van der Waals surface area contributed by atoms with E-state index in [1.807, 2.05) is 31.2 Å². The van der Waals surface area contributed by atoms with E-state index in [0.29, 0.717) is 5.69 Å². The van der Waals surface area contributed by atoms with Crippen molar-refractivity contribution >= 4 is 11.6 Å². The lowest BCUT2D eigenvalue weighted by Crippen LogP contribution is -2.54. The first-order valence-electron chi connectivity index (χ1n) is 6.41. The molecule has 4 heteroatoms. The zero-order valence-electron chi connectivity index (χ0n) is 10.7. The van der Waals surface area contributed by atoms with Crippen LogP contribution in [0.25, 0.3) is 0 Å². The van der Waals surface area contributed by atoms with E-state index in [1.54, 1.807) is 0 Å². The molecule has 0 aliphatic carbocycles. The van der Waals surface area contributed by atoms with Crippen molar-refractivity contribution in [1.82, 2.24) is 5.32 Å². The summed E-state index contributed by atoms with van der Waals surface area (Å²) in [7, 11) is 0. The van der Waals surface area contributed by atoms with Crippen molar-refractivity contribution in [3.05, 3.63) is 29.8 Å². The van der Waals surface area contributed by atoms with E-state index < -0.39 is 5.54 Å². The zero-order chi connectivity index (χ0) is 13.0. The molecule has 0 bridgehead atoms. The quantitative estimate of drug-likeness (QED) is 0.762. The molecule has 1 heterocycles. The molecule has 1 aliphatic heterocycles. The minimum absolute atomic E-state index is 0.0249. The van der Waals surface area contributed by atoms with Gasteiger partial charge in [-0.05, 0) is 38.8 Å². The van der Waals surface area contributed by atoms with Gasteiger partial charge in [-0.15, -0.1) is 0 Å². The Kier molecular flexibility index (Phi) is 3.99. The number of amides is 1. The highest BCUT2D eigenvalue weighted by Gasteiger charge is 2.34. The Bertz CT molecular complexity index is 426. The number of anilines is 1. The summed E-state index contributed by atoms with van der Waals surface area (Å²) in [6.07, 6.45) is 3.04. The summed E-state index contributed by atoms with van der Waals surface area (Å²) in [6.45, 7) is 2.75. The van der Waals surface area contributed by atoms with Crippen LogP contribution in [0.2, 0.25) is 0 Å². The molecule has 4 nitrogen and oxygen atoms in total. The summed E-state index contributed by atoms with van der Waals surface area (Å²) in [5.41, 5.74) is 0.935. The van der Waals surface area contributed by atoms with Gasteiger partial charge in [0, 0.05) is 11.3 Å². The molecule has 2 rings (SSSR count). The van der Waals surface area contributed by atoms with Crippen molar-refractivity contribution in [2.24, 2.45) is 0 Å². The first kappa shape index (κ1) is 13.1. The van der Waals surface area contributed by atoms with Crippen molar-refractivity contribution in [3.8, 4) is 0 Å². The summed E-state index contributed by atoms with van der Waals surface area (Å²) in [4.78, 5) is 12.3. The molecule has 1 atom stereocenters. The van der Waals surface area contributed by atoms with Crippen molar-refractivity contribution in [2.75, 3.05) is 11.9 Å². The van der Waals surface area contributed by atoms with Gasteiger partial charge < -0.3 is 15.7 Å². The Morgan fingerprint density at radius 1 is 1.44 bits per heavy atom. The minimum Gasteiger partial charge on any atom is -0.392 e. The number of carbonyl (C=O) groups is 1.